The molecule has 4 rings (SSSR count). The lowest BCUT2D eigenvalue weighted by atomic mass is 10.1. The Bertz CT molecular complexity index is 1010. The first-order valence-corrected chi connectivity index (χ1v) is 8.44. The predicted molar refractivity (Wildman–Crippen MR) is 98.8 cm³/mol. The minimum absolute atomic E-state index is 0.261. The molecule has 0 saturated heterocycles. The van der Waals surface area contributed by atoms with Gasteiger partial charge in [0.15, 0.2) is 11.5 Å². The summed E-state index contributed by atoms with van der Waals surface area (Å²) < 4.78 is 5.29. The van der Waals surface area contributed by atoms with Crippen LogP contribution in [0, 0.1) is 6.92 Å². The fourth-order valence-electron chi connectivity index (χ4n) is 2.75. The monoisotopic (exact) mass is 346 g/mol. The van der Waals surface area contributed by atoms with E-state index in [-0.39, 0.29) is 11.6 Å². The maximum absolute atomic E-state index is 12.2. The van der Waals surface area contributed by atoms with Gasteiger partial charge in [0.1, 0.15) is 5.82 Å². The van der Waals surface area contributed by atoms with Crippen LogP contribution in [0.2, 0.25) is 0 Å². The number of aryl methyl sites for hydroxylation is 1. The maximum atomic E-state index is 12.2. The summed E-state index contributed by atoms with van der Waals surface area (Å²) in [7, 11) is 0. The Balaban J connectivity index is 1.37. The van der Waals surface area contributed by atoms with Gasteiger partial charge in [-0.25, -0.2) is 4.98 Å². The highest BCUT2D eigenvalue weighted by Crippen LogP contribution is 2.20. The maximum Gasteiger partial charge on any atom is 0.273 e. The summed E-state index contributed by atoms with van der Waals surface area (Å²) in [5.41, 5.74) is 4.24. The Labute approximate surface area is 150 Å². The van der Waals surface area contributed by atoms with E-state index in [0.717, 1.165) is 28.0 Å². The van der Waals surface area contributed by atoms with Gasteiger partial charge in [-0.15, -0.1) is 0 Å². The molecule has 0 spiro atoms. The molecule has 0 radical (unpaired) electrons. The van der Waals surface area contributed by atoms with Crippen LogP contribution in [0.5, 0.6) is 0 Å². The van der Waals surface area contributed by atoms with Gasteiger partial charge in [0, 0.05) is 24.6 Å². The third-order valence-electron chi connectivity index (χ3n) is 4.16. The quantitative estimate of drug-likeness (QED) is 0.579. The van der Waals surface area contributed by atoms with Gasteiger partial charge in [-0.2, -0.15) is 0 Å². The van der Waals surface area contributed by atoms with Crippen molar-refractivity contribution in [1.82, 2.24) is 20.4 Å². The standard InChI is InChI=1S/C20H18N4O2/c1-13-6-8-14(9-7-13)18-12-17(24-26-18)20(25)21-11-10-19-22-15-4-2-3-5-16(15)23-19/h2-9,12H,10-11H2,1H3,(H,21,25)(H,22,23). The third kappa shape index (κ3) is 3.35. The summed E-state index contributed by atoms with van der Waals surface area (Å²) in [6.45, 7) is 2.48. The Morgan fingerprint density at radius 1 is 1.15 bits per heavy atom. The molecule has 4 aromatic rings. The average Bonchev–Trinajstić information content (AvgIpc) is 3.29. The smallest absolute Gasteiger partial charge is 0.273 e. The third-order valence-corrected chi connectivity index (χ3v) is 4.16. The van der Waals surface area contributed by atoms with Crippen molar-refractivity contribution in [2.45, 2.75) is 13.3 Å². The van der Waals surface area contributed by atoms with Gasteiger partial charge < -0.3 is 14.8 Å². The lowest BCUT2D eigenvalue weighted by Crippen LogP contribution is -2.26. The molecule has 0 atom stereocenters. The number of imidazole rings is 1. The van der Waals surface area contributed by atoms with Crippen LogP contribution in [0.3, 0.4) is 0 Å². The van der Waals surface area contributed by atoms with E-state index in [1.165, 1.54) is 0 Å². The molecule has 130 valence electrons. The molecule has 2 N–H and O–H groups in total. The van der Waals surface area contributed by atoms with Crippen molar-refractivity contribution < 1.29 is 9.32 Å². The number of hydrogen-bond acceptors (Lipinski definition) is 4. The number of para-hydroxylation sites is 2. The number of hydrogen-bond donors (Lipinski definition) is 2. The van der Waals surface area contributed by atoms with E-state index in [1.807, 2.05) is 55.5 Å². The summed E-state index contributed by atoms with van der Waals surface area (Å²) >= 11 is 0. The molecule has 0 fully saturated rings. The van der Waals surface area contributed by atoms with Gasteiger partial charge in [-0.1, -0.05) is 47.1 Å². The molecular weight excluding hydrogens is 328 g/mol. The Hall–Kier alpha value is -3.41. The van der Waals surface area contributed by atoms with Crippen molar-refractivity contribution >= 4 is 16.9 Å². The van der Waals surface area contributed by atoms with Crippen molar-refractivity contribution in [2.24, 2.45) is 0 Å². The van der Waals surface area contributed by atoms with Crippen LogP contribution in [0.15, 0.2) is 59.1 Å². The fourth-order valence-corrected chi connectivity index (χ4v) is 2.75. The molecular formula is C20H18N4O2. The van der Waals surface area contributed by atoms with E-state index >= 15 is 0 Å². The van der Waals surface area contributed by atoms with Crippen molar-refractivity contribution in [3.8, 4) is 11.3 Å². The van der Waals surface area contributed by atoms with Crippen molar-refractivity contribution in [3.05, 3.63) is 71.7 Å². The number of H-pyrrole nitrogens is 1. The zero-order chi connectivity index (χ0) is 17.9. The number of nitrogens with zero attached hydrogens (tertiary/aromatic N) is 2. The van der Waals surface area contributed by atoms with Crippen LogP contribution >= 0.6 is 0 Å². The number of aromatic amines is 1. The molecule has 0 aliphatic rings. The van der Waals surface area contributed by atoms with E-state index in [2.05, 4.69) is 20.4 Å². The molecule has 26 heavy (non-hydrogen) atoms. The second-order valence-electron chi connectivity index (χ2n) is 6.15. The number of nitrogens with one attached hydrogen (secondary N) is 2. The van der Waals surface area contributed by atoms with Crippen LogP contribution in [-0.4, -0.2) is 27.6 Å². The SMILES string of the molecule is Cc1ccc(-c2cc(C(=O)NCCc3nc4ccccc4[nH]3)no2)cc1. The Morgan fingerprint density at radius 3 is 2.77 bits per heavy atom. The number of benzene rings is 2. The van der Waals surface area contributed by atoms with Gasteiger partial charge in [0.25, 0.3) is 5.91 Å². The molecule has 0 aliphatic carbocycles. The van der Waals surface area contributed by atoms with E-state index in [4.69, 9.17) is 4.52 Å². The van der Waals surface area contributed by atoms with Crippen LogP contribution in [0.4, 0.5) is 0 Å². The molecule has 0 saturated carbocycles. The first-order valence-electron chi connectivity index (χ1n) is 8.44. The highest BCUT2D eigenvalue weighted by atomic mass is 16.5. The number of carbonyl (C=O) groups excluding carboxylic acids is 1. The number of carbonyl (C=O) groups is 1. The summed E-state index contributed by atoms with van der Waals surface area (Å²) in [4.78, 5) is 20.0. The van der Waals surface area contributed by atoms with Crippen molar-refractivity contribution in [2.75, 3.05) is 6.54 Å². The van der Waals surface area contributed by atoms with E-state index < -0.39 is 0 Å². The molecule has 0 unspecified atom stereocenters. The molecule has 6 nitrogen and oxygen atoms in total. The zero-order valence-electron chi connectivity index (χ0n) is 14.3. The van der Waals surface area contributed by atoms with Gasteiger partial charge >= 0.3 is 0 Å². The highest BCUT2D eigenvalue weighted by Gasteiger charge is 2.13. The molecule has 2 heterocycles. The fraction of sp³-hybridized carbons (Fsp3) is 0.150. The van der Waals surface area contributed by atoms with E-state index in [0.29, 0.717) is 18.7 Å². The van der Waals surface area contributed by atoms with Crippen LogP contribution in [0.1, 0.15) is 21.9 Å². The normalized spacial score (nSPS) is 11.0. The first kappa shape index (κ1) is 16.1. The molecule has 2 aromatic carbocycles. The summed E-state index contributed by atoms with van der Waals surface area (Å²) in [6.07, 6.45) is 0.614. The van der Waals surface area contributed by atoms with Crippen LogP contribution in [0.25, 0.3) is 22.4 Å². The molecule has 0 aliphatic heterocycles. The lowest BCUT2D eigenvalue weighted by molar-refractivity contribution is 0.0945. The number of rotatable bonds is 5. The molecule has 2 aromatic heterocycles. The zero-order valence-corrected chi connectivity index (χ0v) is 14.3. The Morgan fingerprint density at radius 2 is 1.96 bits per heavy atom. The van der Waals surface area contributed by atoms with Crippen LogP contribution < -0.4 is 5.32 Å². The van der Waals surface area contributed by atoms with Gasteiger partial charge in [0.2, 0.25) is 0 Å². The minimum atomic E-state index is -0.261. The molecule has 0 bridgehead atoms. The summed E-state index contributed by atoms with van der Waals surface area (Å²) in [5.74, 6) is 1.16. The topological polar surface area (TPSA) is 83.8 Å². The first-order chi connectivity index (χ1) is 12.7. The molecule has 1 amide bonds. The lowest BCUT2D eigenvalue weighted by Gasteiger charge is -2.00. The minimum Gasteiger partial charge on any atom is -0.355 e. The summed E-state index contributed by atoms with van der Waals surface area (Å²) in [5, 5.41) is 6.71. The highest BCUT2D eigenvalue weighted by molar-refractivity contribution is 5.93. The Kier molecular flexibility index (Phi) is 4.23. The number of fused-ring (bicyclic) bond motifs is 1. The van der Waals surface area contributed by atoms with Gasteiger partial charge in [0.05, 0.1) is 11.0 Å². The average molecular weight is 346 g/mol. The van der Waals surface area contributed by atoms with Crippen molar-refractivity contribution in [3.63, 3.8) is 0 Å². The van der Waals surface area contributed by atoms with Gasteiger partial charge in [-0.3, -0.25) is 4.79 Å². The van der Waals surface area contributed by atoms with E-state index in [9.17, 15) is 4.79 Å². The van der Waals surface area contributed by atoms with Crippen molar-refractivity contribution in [1.29, 1.82) is 0 Å². The van der Waals surface area contributed by atoms with Gasteiger partial charge in [-0.05, 0) is 19.1 Å². The van der Waals surface area contributed by atoms with Crippen LogP contribution in [-0.2, 0) is 6.42 Å². The largest absolute Gasteiger partial charge is 0.355 e. The second-order valence-corrected chi connectivity index (χ2v) is 6.15. The van der Waals surface area contributed by atoms with E-state index in [1.54, 1.807) is 6.07 Å². The second kappa shape index (κ2) is 6.84. The predicted octanol–water partition coefficient (Wildman–Crippen LogP) is 3.50. The molecule has 6 heteroatoms. The number of amides is 1. The number of aromatic nitrogens is 3. The summed E-state index contributed by atoms with van der Waals surface area (Å²) in [6, 6.07) is 17.4.